The zero-order valence-corrected chi connectivity index (χ0v) is 14.0. The van der Waals surface area contributed by atoms with Crippen LogP contribution in [0, 0.1) is 0 Å². The molecule has 0 spiro atoms. The number of aryl methyl sites for hydroxylation is 1. The topological polar surface area (TPSA) is 101 Å². The Morgan fingerprint density at radius 3 is 2.88 bits per heavy atom. The highest BCUT2D eigenvalue weighted by atomic mass is 32.1. The van der Waals surface area contributed by atoms with Gasteiger partial charge in [0.05, 0.1) is 11.9 Å². The van der Waals surface area contributed by atoms with Crippen LogP contribution in [-0.4, -0.2) is 35.9 Å². The number of thiazole rings is 1. The van der Waals surface area contributed by atoms with Gasteiger partial charge >= 0.3 is 0 Å². The molecule has 1 amide bonds. The summed E-state index contributed by atoms with van der Waals surface area (Å²) in [6, 6.07) is 3.69. The molecule has 2 N–H and O–H groups in total. The number of H-pyrrole nitrogens is 1. The van der Waals surface area contributed by atoms with Crippen LogP contribution in [0.1, 0.15) is 10.5 Å². The maximum atomic E-state index is 12.6. The van der Waals surface area contributed by atoms with Gasteiger partial charge in [-0.1, -0.05) is 0 Å². The fourth-order valence-electron chi connectivity index (χ4n) is 2.37. The van der Waals surface area contributed by atoms with Gasteiger partial charge in [0.25, 0.3) is 5.91 Å². The zero-order valence-electron chi connectivity index (χ0n) is 13.2. The molecule has 0 saturated carbocycles. The van der Waals surface area contributed by atoms with Crippen LogP contribution in [0.4, 0.5) is 5.69 Å². The molecule has 0 aliphatic rings. The fourth-order valence-corrected chi connectivity index (χ4v) is 3.15. The lowest BCUT2D eigenvalue weighted by Crippen LogP contribution is -2.12. The average Bonchev–Trinajstić information content (AvgIpc) is 3.36. The molecule has 0 radical (unpaired) electrons. The summed E-state index contributed by atoms with van der Waals surface area (Å²) in [6.07, 6.45) is 8.55. The molecule has 9 heteroatoms. The number of rotatable bonds is 4. The van der Waals surface area contributed by atoms with Gasteiger partial charge in [0, 0.05) is 48.3 Å². The maximum absolute atomic E-state index is 12.6. The average molecular weight is 351 g/mol. The molecule has 0 unspecified atom stereocenters. The Hall–Kier alpha value is -3.33. The van der Waals surface area contributed by atoms with E-state index >= 15 is 0 Å². The molecule has 4 aromatic rings. The van der Waals surface area contributed by atoms with E-state index in [2.05, 4.69) is 30.6 Å². The summed E-state index contributed by atoms with van der Waals surface area (Å²) in [5, 5.41) is 16.4. The van der Waals surface area contributed by atoms with Crippen molar-refractivity contribution in [3.63, 3.8) is 0 Å². The number of aromatic amines is 1. The van der Waals surface area contributed by atoms with E-state index in [1.54, 1.807) is 48.1 Å². The minimum absolute atomic E-state index is 0.283. The van der Waals surface area contributed by atoms with E-state index in [1.165, 1.54) is 11.3 Å². The number of hydrogen-bond acceptors (Lipinski definition) is 6. The number of anilines is 1. The maximum Gasteiger partial charge on any atom is 0.275 e. The normalized spacial score (nSPS) is 10.8. The summed E-state index contributed by atoms with van der Waals surface area (Å²) >= 11 is 1.39. The van der Waals surface area contributed by atoms with Gasteiger partial charge in [-0.3, -0.25) is 19.6 Å². The highest BCUT2D eigenvalue weighted by Gasteiger charge is 2.17. The van der Waals surface area contributed by atoms with Crippen LogP contribution < -0.4 is 5.32 Å². The summed E-state index contributed by atoms with van der Waals surface area (Å²) in [7, 11) is 1.81. The third-order valence-corrected chi connectivity index (χ3v) is 4.40. The molecule has 25 heavy (non-hydrogen) atoms. The molecular formula is C16H13N7OS. The number of nitrogens with one attached hydrogen (secondary N) is 2. The van der Waals surface area contributed by atoms with Crippen LogP contribution >= 0.6 is 11.3 Å². The van der Waals surface area contributed by atoms with Crippen LogP contribution in [0.3, 0.4) is 0 Å². The summed E-state index contributed by atoms with van der Waals surface area (Å²) in [5.74, 6) is -0.283. The largest absolute Gasteiger partial charge is 0.317 e. The first kappa shape index (κ1) is 15.2. The van der Waals surface area contributed by atoms with Gasteiger partial charge in [-0.2, -0.15) is 10.2 Å². The molecule has 0 bridgehead atoms. The molecule has 4 rings (SSSR count). The number of nitrogens with zero attached hydrogens (tertiary/aromatic N) is 5. The number of carbonyl (C=O) groups is 1. The summed E-state index contributed by atoms with van der Waals surface area (Å²) < 4.78 is 1.66. The van der Waals surface area contributed by atoms with Gasteiger partial charge in [0.2, 0.25) is 0 Å². The Bertz CT molecular complexity index is 1000. The van der Waals surface area contributed by atoms with Crippen molar-refractivity contribution < 1.29 is 4.79 Å². The van der Waals surface area contributed by atoms with E-state index in [-0.39, 0.29) is 5.91 Å². The predicted molar refractivity (Wildman–Crippen MR) is 94.1 cm³/mol. The number of amides is 1. The smallest absolute Gasteiger partial charge is 0.275 e. The highest BCUT2D eigenvalue weighted by molar-refractivity contribution is 7.13. The number of aromatic nitrogens is 6. The second-order valence-corrected chi connectivity index (χ2v) is 6.14. The Balaban J connectivity index is 1.60. The first-order valence-electron chi connectivity index (χ1n) is 7.41. The van der Waals surface area contributed by atoms with E-state index in [0.29, 0.717) is 17.1 Å². The van der Waals surface area contributed by atoms with Crippen LogP contribution in [0.15, 0.2) is 48.5 Å². The van der Waals surface area contributed by atoms with Gasteiger partial charge in [-0.15, -0.1) is 11.3 Å². The molecule has 4 heterocycles. The fraction of sp³-hybridized carbons (Fsp3) is 0.0625. The minimum atomic E-state index is -0.283. The van der Waals surface area contributed by atoms with E-state index in [4.69, 9.17) is 0 Å². The van der Waals surface area contributed by atoms with Gasteiger partial charge in [0.1, 0.15) is 16.4 Å². The Morgan fingerprint density at radius 1 is 1.28 bits per heavy atom. The Kier molecular flexibility index (Phi) is 3.82. The van der Waals surface area contributed by atoms with Crippen LogP contribution in [0.25, 0.3) is 21.8 Å². The van der Waals surface area contributed by atoms with Crippen molar-refractivity contribution in [2.75, 3.05) is 5.32 Å². The highest BCUT2D eigenvalue weighted by Crippen LogP contribution is 2.27. The van der Waals surface area contributed by atoms with E-state index in [1.807, 2.05) is 12.1 Å². The van der Waals surface area contributed by atoms with Gasteiger partial charge in [0.15, 0.2) is 0 Å². The zero-order chi connectivity index (χ0) is 17.2. The molecule has 124 valence electrons. The van der Waals surface area contributed by atoms with Gasteiger partial charge in [-0.25, -0.2) is 4.98 Å². The number of carbonyl (C=O) groups excluding carboxylic acids is 1. The SMILES string of the molecule is Cn1cc(NC(=O)c2csc(-c3cn[nH]c3)n2)c(-c2ccncc2)n1. The first-order chi connectivity index (χ1) is 12.2. The summed E-state index contributed by atoms with van der Waals surface area (Å²) in [4.78, 5) is 20.9. The molecule has 0 saturated heterocycles. The predicted octanol–water partition coefficient (Wildman–Crippen LogP) is 2.58. The van der Waals surface area contributed by atoms with E-state index in [0.717, 1.165) is 16.1 Å². The summed E-state index contributed by atoms with van der Waals surface area (Å²) in [5.41, 5.74) is 3.39. The van der Waals surface area contributed by atoms with Crippen LogP contribution in [0.2, 0.25) is 0 Å². The Morgan fingerprint density at radius 2 is 2.12 bits per heavy atom. The van der Waals surface area contributed by atoms with Crippen molar-refractivity contribution >= 4 is 22.9 Å². The monoisotopic (exact) mass is 351 g/mol. The molecule has 0 aromatic carbocycles. The molecule has 4 aromatic heterocycles. The second kappa shape index (κ2) is 6.29. The number of pyridine rings is 1. The van der Waals surface area contributed by atoms with Crippen molar-refractivity contribution in [2.45, 2.75) is 0 Å². The molecular weight excluding hydrogens is 338 g/mol. The first-order valence-corrected chi connectivity index (χ1v) is 8.29. The van der Waals surface area contributed by atoms with Gasteiger partial charge < -0.3 is 5.32 Å². The third-order valence-electron chi connectivity index (χ3n) is 3.51. The standard InChI is InChI=1S/C16H13N7OS/c1-23-8-12(14(22-23)10-2-4-17-5-3-10)20-15(24)13-9-25-16(21-13)11-6-18-19-7-11/h2-9H,1H3,(H,18,19)(H,20,24). The summed E-state index contributed by atoms with van der Waals surface area (Å²) in [6.45, 7) is 0. The van der Waals surface area contributed by atoms with Crippen molar-refractivity contribution in [1.82, 2.24) is 29.9 Å². The van der Waals surface area contributed by atoms with Crippen molar-refractivity contribution in [1.29, 1.82) is 0 Å². The van der Waals surface area contributed by atoms with Crippen molar-refractivity contribution in [2.24, 2.45) is 7.05 Å². The van der Waals surface area contributed by atoms with Crippen LogP contribution in [0.5, 0.6) is 0 Å². The molecule has 0 fully saturated rings. The lowest BCUT2D eigenvalue weighted by Gasteiger charge is -2.03. The van der Waals surface area contributed by atoms with E-state index in [9.17, 15) is 4.79 Å². The Labute approximate surface area is 146 Å². The molecule has 8 nitrogen and oxygen atoms in total. The van der Waals surface area contributed by atoms with Crippen molar-refractivity contribution in [3.8, 4) is 21.8 Å². The van der Waals surface area contributed by atoms with Crippen LogP contribution in [-0.2, 0) is 7.05 Å². The van der Waals surface area contributed by atoms with Crippen molar-refractivity contribution in [3.05, 3.63) is 54.2 Å². The quantitative estimate of drug-likeness (QED) is 0.588. The lowest BCUT2D eigenvalue weighted by atomic mass is 10.2. The molecule has 0 aliphatic heterocycles. The van der Waals surface area contributed by atoms with Gasteiger partial charge in [-0.05, 0) is 12.1 Å². The molecule has 0 aliphatic carbocycles. The second-order valence-electron chi connectivity index (χ2n) is 5.28. The minimum Gasteiger partial charge on any atom is -0.317 e. The molecule has 0 atom stereocenters. The third kappa shape index (κ3) is 3.04. The van der Waals surface area contributed by atoms with E-state index < -0.39 is 0 Å². The number of hydrogen-bond donors (Lipinski definition) is 2. The lowest BCUT2D eigenvalue weighted by molar-refractivity contribution is 0.102.